The highest BCUT2D eigenvalue weighted by Crippen LogP contribution is 2.04. The molecule has 64 valence electrons. The van der Waals surface area contributed by atoms with Crippen LogP contribution in [-0.2, 0) is 0 Å². The zero-order valence-corrected chi connectivity index (χ0v) is 7.46. The first-order valence-electron chi connectivity index (χ1n) is 4.40. The molecule has 0 aliphatic carbocycles. The molecule has 0 unspecified atom stereocenters. The quantitative estimate of drug-likeness (QED) is 0.713. The molecule has 0 spiro atoms. The van der Waals surface area contributed by atoms with E-state index in [2.05, 4.69) is 30.4 Å². The zero-order valence-electron chi connectivity index (χ0n) is 7.46. The minimum Gasteiger partial charge on any atom is -0.362 e. The van der Waals surface area contributed by atoms with E-state index in [9.17, 15) is 0 Å². The summed E-state index contributed by atoms with van der Waals surface area (Å²) in [6.07, 6.45) is 6.48. The molecule has 0 aliphatic heterocycles. The molecule has 0 amide bonds. The van der Waals surface area contributed by atoms with Crippen molar-refractivity contribution in [2.24, 2.45) is 0 Å². The summed E-state index contributed by atoms with van der Waals surface area (Å²) in [5.41, 5.74) is 1.14. The molecule has 0 bridgehead atoms. The summed E-state index contributed by atoms with van der Waals surface area (Å²) in [4.78, 5) is 0. The number of anilines is 1. The Bertz CT molecular complexity index is 226. The third kappa shape index (κ3) is 3.24. The maximum atomic E-state index is 3.20. The minimum atomic E-state index is 1.14. The predicted molar refractivity (Wildman–Crippen MR) is 54.1 cm³/mol. The summed E-state index contributed by atoms with van der Waals surface area (Å²) in [5, 5.41) is 3.20. The van der Waals surface area contributed by atoms with Crippen LogP contribution in [0.1, 0.15) is 19.8 Å². The van der Waals surface area contributed by atoms with Crippen molar-refractivity contribution in [1.82, 2.24) is 0 Å². The molecule has 12 heavy (non-hydrogen) atoms. The van der Waals surface area contributed by atoms with E-state index in [0.29, 0.717) is 0 Å². The predicted octanol–water partition coefficient (Wildman–Crippen LogP) is 3.41. The molecule has 1 heteroatoms. The van der Waals surface area contributed by atoms with Crippen LogP contribution in [0.2, 0.25) is 0 Å². The average Bonchev–Trinajstić information content (AvgIpc) is 2.14. The summed E-state index contributed by atoms with van der Waals surface area (Å²) in [6.45, 7) is 2.17. The number of rotatable bonds is 4. The van der Waals surface area contributed by atoms with E-state index in [1.54, 1.807) is 0 Å². The first-order chi connectivity index (χ1) is 5.93. The van der Waals surface area contributed by atoms with Gasteiger partial charge in [-0.25, -0.2) is 0 Å². The van der Waals surface area contributed by atoms with Gasteiger partial charge in [0.25, 0.3) is 0 Å². The Morgan fingerprint density at radius 3 is 2.67 bits per heavy atom. The molecule has 0 atom stereocenters. The lowest BCUT2D eigenvalue weighted by molar-refractivity contribution is 0.957. The summed E-state index contributed by atoms with van der Waals surface area (Å²) in [5.74, 6) is 0. The minimum absolute atomic E-state index is 1.14. The van der Waals surface area contributed by atoms with Gasteiger partial charge in [0.2, 0.25) is 0 Å². The second-order valence-electron chi connectivity index (χ2n) is 2.70. The van der Waals surface area contributed by atoms with Crippen molar-refractivity contribution in [3.63, 3.8) is 0 Å². The van der Waals surface area contributed by atoms with Crippen molar-refractivity contribution in [1.29, 1.82) is 0 Å². The third-order valence-corrected chi connectivity index (χ3v) is 1.60. The smallest absolute Gasteiger partial charge is 0.0379 e. The van der Waals surface area contributed by atoms with Crippen LogP contribution < -0.4 is 5.32 Å². The standard InChI is InChI=1S/C11H15N/c1-2-3-7-10-12-11-8-5-4-6-9-11/h4-10,12H,2-3H2,1H3/b10-7+. The molecule has 0 fully saturated rings. The Morgan fingerprint density at radius 2 is 2.00 bits per heavy atom. The molecule has 0 aromatic heterocycles. The molecule has 1 rings (SSSR count). The fourth-order valence-electron chi connectivity index (χ4n) is 0.940. The number of hydrogen-bond donors (Lipinski definition) is 1. The molecule has 0 aliphatic rings. The number of hydrogen-bond acceptors (Lipinski definition) is 1. The van der Waals surface area contributed by atoms with Crippen LogP contribution in [0.25, 0.3) is 0 Å². The normalized spacial score (nSPS) is 10.4. The molecule has 1 aromatic carbocycles. The first kappa shape index (κ1) is 8.85. The Labute approximate surface area is 74.1 Å². The van der Waals surface area contributed by atoms with Gasteiger partial charge in [-0.1, -0.05) is 37.6 Å². The van der Waals surface area contributed by atoms with Gasteiger partial charge in [-0.15, -0.1) is 0 Å². The number of nitrogens with one attached hydrogen (secondary N) is 1. The van der Waals surface area contributed by atoms with Crippen molar-refractivity contribution in [3.05, 3.63) is 42.6 Å². The highest BCUT2D eigenvalue weighted by Gasteiger charge is 1.81. The highest BCUT2D eigenvalue weighted by atomic mass is 14.8. The maximum Gasteiger partial charge on any atom is 0.0379 e. The molecular formula is C11H15N. The van der Waals surface area contributed by atoms with Crippen LogP contribution in [0.3, 0.4) is 0 Å². The van der Waals surface area contributed by atoms with Crippen LogP contribution in [0.5, 0.6) is 0 Å². The van der Waals surface area contributed by atoms with E-state index in [0.717, 1.165) is 12.1 Å². The molecule has 0 heterocycles. The fraction of sp³-hybridized carbons (Fsp3) is 0.273. The molecule has 0 saturated heterocycles. The van der Waals surface area contributed by atoms with Gasteiger partial charge in [0.1, 0.15) is 0 Å². The van der Waals surface area contributed by atoms with Gasteiger partial charge in [-0.3, -0.25) is 0 Å². The summed E-state index contributed by atoms with van der Waals surface area (Å²) < 4.78 is 0. The molecule has 1 aromatic rings. The maximum absolute atomic E-state index is 3.20. The topological polar surface area (TPSA) is 12.0 Å². The third-order valence-electron chi connectivity index (χ3n) is 1.60. The van der Waals surface area contributed by atoms with Crippen molar-refractivity contribution >= 4 is 5.69 Å². The van der Waals surface area contributed by atoms with Gasteiger partial charge in [0.15, 0.2) is 0 Å². The van der Waals surface area contributed by atoms with Crippen molar-refractivity contribution < 1.29 is 0 Å². The number of para-hydroxylation sites is 1. The lowest BCUT2D eigenvalue weighted by atomic mass is 10.3. The number of allylic oxidation sites excluding steroid dienone is 1. The summed E-state index contributed by atoms with van der Waals surface area (Å²) in [6, 6.07) is 10.2. The van der Waals surface area contributed by atoms with Crippen LogP contribution >= 0.6 is 0 Å². The molecule has 0 saturated carbocycles. The molecular weight excluding hydrogens is 146 g/mol. The van der Waals surface area contributed by atoms with Crippen LogP contribution in [-0.4, -0.2) is 0 Å². The molecule has 0 radical (unpaired) electrons. The van der Waals surface area contributed by atoms with Gasteiger partial charge in [-0.05, 0) is 24.8 Å². The van der Waals surface area contributed by atoms with Crippen molar-refractivity contribution in [3.8, 4) is 0 Å². The van der Waals surface area contributed by atoms with Gasteiger partial charge in [-0.2, -0.15) is 0 Å². The summed E-state index contributed by atoms with van der Waals surface area (Å²) in [7, 11) is 0. The first-order valence-corrected chi connectivity index (χ1v) is 4.40. The van der Waals surface area contributed by atoms with Crippen LogP contribution in [0.4, 0.5) is 5.69 Å². The molecule has 1 N–H and O–H groups in total. The Balaban J connectivity index is 2.33. The van der Waals surface area contributed by atoms with Gasteiger partial charge in [0, 0.05) is 5.69 Å². The SMILES string of the molecule is CCC/C=C/Nc1ccccc1. The van der Waals surface area contributed by atoms with E-state index in [-0.39, 0.29) is 0 Å². The van der Waals surface area contributed by atoms with Crippen molar-refractivity contribution in [2.45, 2.75) is 19.8 Å². The van der Waals surface area contributed by atoms with E-state index in [1.807, 2.05) is 24.4 Å². The molecule has 1 nitrogen and oxygen atoms in total. The van der Waals surface area contributed by atoms with E-state index < -0.39 is 0 Å². The Kier molecular flexibility index (Phi) is 4.00. The van der Waals surface area contributed by atoms with Gasteiger partial charge >= 0.3 is 0 Å². The van der Waals surface area contributed by atoms with Gasteiger partial charge in [0.05, 0.1) is 0 Å². The van der Waals surface area contributed by atoms with Crippen LogP contribution in [0, 0.1) is 0 Å². The lowest BCUT2D eigenvalue weighted by Crippen LogP contribution is -1.85. The Morgan fingerprint density at radius 1 is 1.25 bits per heavy atom. The Hall–Kier alpha value is -1.24. The lowest BCUT2D eigenvalue weighted by Gasteiger charge is -1.97. The van der Waals surface area contributed by atoms with Crippen molar-refractivity contribution in [2.75, 3.05) is 5.32 Å². The number of benzene rings is 1. The number of unbranched alkanes of at least 4 members (excludes halogenated alkanes) is 1. The van der Waals surface area contributed by atoms with Gasteiger partial charge < -0.3 is 5.32 Å². The zero-order chi connectivity index (χ0) is 8.65. The summed E-state index contributed by atoms with van der Waals surface area (Å²) >= 11 is 0. The largest absolute Gasteiger partial charge is 0.362 e. The van der Waals surface area contributed by atoms with E-state index in [4.69, 9.17) is 0 Å². The average molecular weight is 161 g/mol. The fourth-order valence-corrected chi connectivity index (χ4v) is 0.940. The highest BCUT2D eigenvalue weighted by molar-refractivity contribution is 5.44. The van der Waals surface area contributed by atoms with E-state index in [1.165, 1.54) is 6.42 Å². The van der Waals surface area contributed by atoms with E-state index >= 15 is 0 Å². The second-order valence-corrected chi connectivity index (χ2v) is 2.70. The van der Waals surface area contributed by atoms with Crippen LogP contribution in [0.15, 0.2) is 42.6 Å². The second kappa shape index (κ2) is 5.42. The monoisotopic (exact) mass is 161 g/mol.